The number of aliphatic hydroxyl groups is 1. The van der Waals surface area contributed by atoms with Gasteiger partial charge in [-0.3, -0.25) is 0 Å². The zero-order chi connectivity index (χ0) is 20.1. The van der Waals surface area contributed by atoms with Crippen molar-refractivity contribution in [3.8, 4) is 0 Å². The van der Waals surface area contributed by atoms with Gasteiger partial charge in [-0.25, -0.2) is 0 Å². The number of aliphatic hydroxyl groups excluding tert-OH is 1. The van der Waals surface area contributed by atoms with Crippen LogP contribution < -0.4 is 0 Å². The molecule has 3 saturated carbocycles. The summed E-state index contributed by atoms with van der Waals surface area (Å²) in [6.07, 6.45) is 17.1. The van der Waals surface area contributed by atoms with Crippen molar-refractivity contribution in [1.29, 1.82) is 0 Å². The maximum Gasteiger partial charge on any atom is 0.0551 e. The number of allylic oxidation sites excluding steroid dienone is 2. The van der Waals surface area contributed by atoms with E-state index in [1.807, 2.05) is 0 Å². The van der Waals surface area contributed by atoms with Gasteiger partial charge in [0.2, 0.25) is 0 Å². The van der Waals surface area contributed by atoms with Gasteiger partial charge in [0.25, 0.3) is 0 Å². The highest BCUT2D eigenvalue weighted by molar-refractivity contribution is 5.25. The summed E-state index contributed by atoms with van der Waals surface area (Å²) < 4.78 is 0. The van der Waals surface area contributed by atoms with Crippen molar-refractivity contribution in [2.75, 3.05) is 0 Å². The molecule has 1 N–H and O–H groups in total. The molecule has 1 unspecified atom stereocenters. The first-order chi connectivity index (χ1) is 13.3. The average molecular weight is 387 g/mol. The van der Waals surface area contributed by atoms with Gasteiger partial charge in [-0.1, -0.05) is 65.5 Å². The van der Waals surface area contributed by atoms with Gasteiger partial charge >= 0.3 is 0 Å². The second-order valence-corrected chi connectivity index (χ2v) is 12.2. The summed E-state index contributed by atoms with van der Waals surface area (Å²) in [5.41, 5.74) is 2.58. The Balaban J connectivity index is 1.50. The molecule has 0 aromatic heterocycles. The predicted octanol–water partition coefficient (Wildman–Crippen LogP) is 7.39. The molecule has 4 aliphatic carbocycles. The lowest BCUT2D eigenvalue weighted by Crippen LogP contribution is -2.51. The molecule has 0 bridgehead atoms. The normalized spacial score (nSPS) is 46.5. The number of fused-ring (bicyclic) bond motifs is 5. The second kappa shape index (κ2) is 7.75. The van der Waals surface area contributed by atoms with Crippen LogP contribution in [-0.2, 0) is 0 Å². The van der Waals surface area contributed by atoms with Crippen molar-refractivity contribution in [3.63, 3.8) is 0 Å². The van der Waals surface area contributed by atoms with E-state index in [9.17, 15) is 5.11 Å². The monoisotopic (exact) mass is 386 g/mol. The second-order valence-electron chi connectivity index (χ2n) is 12.2. The van der Waals surface area contributed by atoms with E-state index in [0.717, 1.165) is 54.8 Å². The molecule has 28 heavy (non-hydrogen) atoms. The lowest BCUT2D eigenvalue weighted by molar-refractivity contribution is -0.0636. The minimum absolute atomic E-state index is 0.0634. The van der Waals surface area contributed by atoms with Crippen LogP contribution in [0, 0.1) is 46.3 Å². The first kappa shape index (κ1) is 21.0. The standard InChI is InChI=1S/C27H46O/c1-18(2)7-6-8-19(3)23-13-14-24-22-12-10-20-9-11-21(28)17-27(20,5)25(22)15-16-26(23,24)4/h10,18-19,21-25,28H,6-9,11-17H2,1-5H3/t19-,21?,22+,23-,24+,25+,26-,27+/m1/s1. The van der Waals surface area contributed by atoms with Crippen LogP contribution in [0.15, 0.2) is 11.6 Å². The van der Waals surface area contributed by atoms with Gasteiger partial charge in [-0.2, -0.15) is 0 Å². The Morgan fingerprint density at radius 1 is 1.04 bits per heavy atom. The van der Waals surface area contributed by atoms with Crippen molar-refractivity contribution in [2.45, 2.75) is 111 Å². The SMILES string of the molecule is CC(C)CCC[C@@H](C)[C@H]1CC[C@H]2[C@@H]3CC=C4CCC(O)C[C@]4(C)[C@H]3CC[C@]12C. The van der Waals surface area contributed by atoms with E-state index in [1.165, 1.54) is 51.4 Å². The summed E-state index contributed by atoms with van der Waals surface area (Å²) in [4.78, 5) is 0. The lowest BCUT2D eigenvalue weighted by Gasteiger charge is -2.58. The van der Waals surface area contributed by atoms with Crippen molar-refractivity contribution in [2.24, 2.45) is 46.3 Å². The fourth-order valence-corrected chi connectivity index (χ4v) is 8.77. The summed E-state index contributed by atoms with van der Waals surface area (Å²) >= 11 is 0. The predicted molar refractivity (Wildman–Crippen MR) is 119 cm³/mol. The molecule has 1 nitrogen and oxygen atoms in total. The number of hydrogen-bond donors (Lipinski definition) is 1. The molecule has 3 fully saturated rings. The third-order valence-corrected chi connectivity index (χ3v) is 10.2. The molecule has 4 aliphatic rings. The van der Waals surface area contributed by atoms with E-state index in [2.05, 4.69) is 40.7 Å². The Labute approximate surface area is 174 Å². The Morgan fingerprint density at radius 3 is 2.57 bits per heavy atom. The molecule has 0 aromatic carbocycles. The molecule has 1 heteroatoms. The highest BCUT2D eigenvalue weighted by Crippen LogP contribution is 2.67. The maximum atomic E-state index is 10.5. The molecule has 160 valence electrons. The molecule has 0 spiro atoms. The third-order valence-electron chi connectivity index (χ3n) is 10.2. The fraction of sp³-hybridized carbons (Fsp3) is 0.926. The van der Waals surface area contributed by atoms with E-state index < -0.39 is 0 Å². The Hall–Kier alpha value is -0.300. The first-order valence-electron chi connectivity index (χ1n) is 12.6. The van der Waals surface area contributed by atoms with Crippen molar-refractivity contribution in [1.82, 2.24) is 0 Å². The summed E-state index contributed by atoms with van der Waals surface area (Å²) in [5.74, 6) is 5.33. The average Bonchev–Trinajstić information content (AvgIpc) is 2.98. The van der Waals surface area contributed by atoms with E-state index in [1.54, 1.807) is 5.57 Å². The van der Waals surface area contributed by atoms with E-state index in [-0.39, 0.29) is 6.10 Å². The Bertz CT molecular complexity index is 591. The van der Waals surface area contributed by atoms with Crippen LogP contribution in [0.1, 0.15) is 105 Å². The molecular formula is C27H46O. The summed E-state index contributed by atoms with van der Waals surface area (Å²) in [6, 6.07) is 0. The van der Waals surface area contributed by atoms with Gasteiger partial charge < -0.3 is 5.11 Å². The van der Waals surface area contributed by atoms with Gasteiger partial charge in [-0.05, 0) is 97.7 Å². The van der Waals surface area contributed by atoms with Crippen molar-refractivity contribution in [3.05, 3.63) is 11.6 Å². The number of rotatable bonds is 5. The topological polar surface area (TPSA) is 20.2 Å². The van der Waals surface area contributed by atoms with E-state index in [4.69, 9.17) is 0 Å². The van der Waals surface area contributed by atoms with Gasteiger partial charge in [0.1, 0.15) is 0 Å². The zero-order valence-electron chi connectivity index (χ0n) is 19.3. The molecule has 0 aliphatic heterocycles. The quantitative estimate of drug-likeness (QED) is 0.488. The third kappa shape index (κ3) is 3.42. The molecule has 0 aromatic rings. The lowest BCUT2D eigenvalue weighted by atomic mass is 9.47. The van der Waals surface area contributed by atoms with Crippen LogP contribution in [0.5, 0.6) is 0 Å². The highest BCUT2D eigenvalue weighted by atomic mass is 16.3. The fourth-order valence-electron chi connectivity index (χ4n) is 8.77. The molecule has 0 saturated heterocycles. The number of hydrogen-bond acceptors (Lipinski definition) is 1. The van der Waals surface area contributed by atoms with Crippen LogP contribution >= 0.6 is 0 Å². The first-order valence-corrected chi connectivity index (χ1v) is 12.6. The largest absolute Gasteiger partial charge is 0.393 e. The minimum Gasteiger partial charge on any atom is -0.393 e. The summed E-state index contributed by atoms with van der Waals surface area (Å²) in [6.45, 7) is 12.5. The van der Waals surface area contributed by atoms with Gasteiger partial charge in [0.05, 0.1) is 6.10 Å². The van der Waals surface area contributed by atoms with Crippen LogP contribution in [-0.4, -0.2) is 11.2 Å². The van der Waals surface area contributed by atoms with E-state index >= 15 is 0 Å². The van der Waals surface area contributed by atoms with Gasteiger partial charge in [0, 0.05) is 0 Å². The molecule has 4 rings (SSSR count). The molecule has 0 heterocycles. The molecular weight excluding hydrogens is 340 g/mol. The Morgan fingerprint density at radius 2 is 1.82 bits per heavy atom. The molecule has 0 amide bonds. The zero-order valence-corrected chi connectivity index (χ0v) is 19.3. The van der Waals surface area contributed by atoms with Crippen LogP contribution in [0.3, 0.4) is 0 Å². The van der Waals surface area contributed by atoms with Crippen LogP contribution in [0.2, 0.25) is 0 Å². The molecule has 8 atom stereocenters. The summed E-state index contributed by atoms with van der Waals surface area (Å²) in [5, 5.41) is 10.5. The Kier molecular flexibility index (Phi) is 5.80. The van der Waals surface area contributed by atoms with Crippen LogP contribution in [0.25, 0.3) is 0 Å². The maximum absolute atomic E-state index is 10.5. The smallest absolute Gasteiger partial charge is 0.0551 e. The van der Waals surface area contributed by atoms with Crippen molar-refractivity contribution >= 4 is 0 Å². The minimum atomic E-state index is -0.0634. The summed E-state index contributed by atoms with van der Waals surface area (Å²) in [7, 11) is 0. The highest BCUT2D eigenvalue weighted by Gasteiger charge is 2.59. The van der Waals surface area contributed by atoms with Crippen LogP contribution in [0.4, 0.5) is 0 Å². The van der Waals surface area contributed by atoms with Crippen molar-refractivity contribution < 1.29 is 5.11 Å². The van der Waals surface area contributed by atoms with Gasteiger partial charge in [-0.15, -0.1) is 0 Å². The van der Waals surface area contributed by atoms with E-state index in [0.29, 0.717) is 10.8 Å². The molecule has 0 radical (unpaired) electrons. The van der Waals surface area contributed by atoms with Gasteiger partial charge in [0.15, 0.2) is 0 Å².